The van der Waals surface area contributed by atoms with Crippen molar-refractivity contribution in [3.05, 3.63) is 22.2 Å². The summed E-state index contributed by atoms with van der Waals surface area (Å²) in [6, 6.07) is 3.48. The van der Waals surface area contributed by atoms with Gasteiger partial charge in [-0.15, -0.1) is 0 Å². The summed E-state index contributed by atoms with van der Waals surface area (Å²) in [5.74, 6) is 1.11. The molecule has 96 valence electrons. The first-order chi connectivity index (χ1) is 8.22. The van der Waals surface area contributed by atoms with Crippen molar-refractivity contribution in [1.82, 2.24) is 0 Å². The largest absolute Gasteiger partial charge is 0.490 e. The van der Waals surface area contributed by atoms with Crippen molar-refractivity contribution < 1.29 is 19.0 Å². The fourth-order valence-electron chi connectivity index (χ4n) is 1.34. The van der Waals surface area contributed by atoms with Crippen molar-refractivity contribution in [3.63, 3.8) is 0 Å². The molecular formula is C12H16BrFO3. The molecule has 0 unspecified atom stereocenters. The van der Waals surface area contributed by atoms with Crippen LogP contribution in [0.3, 0.4) is 0 Å². The summed E-state index contributed by atoms with van der Waals surface area (Å²) in [6.45, 7) is 2.19. The SMILES string of the molecule is CCOc1cc(CO)cc(Br)c1OCCCF. The fourth-order valence-corrected chi connectivity index (χ4v) is 1.95. The predicted molar refractivity (Wildman–Crippen MR) is 67.3 cm³/mol. The molecule has 1 aromatic rings. The zero-order valence-electron chi connectivity index (χ0n) is 9.71. The molecule has 0 radical (unpaired) electrons. The van der Waals surface area contributed by atoms with Gasteiger partial charge >= 0.3 is 0 Å². The molecular weight excluding hydrogens is 291 g/mol. The molecule has 0 saturated carbocycles. The second-order valence-electron chi connectivity index (χ2n) is 3.39. The molecule has 0 amide bonds. The van der Waals surface area contributed by atoms with E-state index < -0.39 is 6.67 Å². The zero-order chi connectivity index (χ0) is 12.7. The minimum Gasteiger partial charge on any atom is -0.490 e. The number of rotatable bonds is 7. The van der Waals surface area contributed by atoms with E-state index in [9.17, 15) is 4.39 Å². The second-order valence-corrected chi connectivity index (χ2v) is 4.24. The quantitative estimate of drug-likeness (QED) is 0.787. The third kappa shape index (κ3) is 4.16. The Hall–Kier alpha value is -0.810. The Bertz CT molecular complexity index is 358. The van der Waals surface area contributed by atoms with Gasteiger partial charge in [0.05, 0.1) is 31.0 Å². The Labute approximate surface area is 109 Å². The van der Waals surface area contributed by atoms with Crippen molar-refractivity contribution >= 4 is 15.9 Å². The molecule has 0 spiro atoms. The summed E-state index contributed by atoms with van der Waals surface area (Å²) in [6.07, 6.45) is 0.347. The predicted octanol–water partition coefficient (Wildman–Crippen LogP) is 3.08. The number of ether oxygens (including phenoxy) is 2. The lowest BCUT2D eigenvalue weighted by atomic mass is 10.2. The molecule has 1 aromatic carbocycles. The minimum absolute atomic E-state index is 0.0660. The van der Waals surface area contributed by atoms with Crippen LogP contribution < -0.4 is 9.47 Å². The van der Waals surface area contributed by atoms with Crippen molar-refractivity contribution in [2.45, 2.75) is 20.0 Å². The van der Waals surface area contributed by atoms with Gasteiger partial charge in [0.1, 0.15) is 0 Å². The van der Waals surface area contributed by atoms with Crippen molar-refractivity contribution in [3.8, 4) is 11.5 Å². The number of benzene rings is 1. The molecule has 1 N–H and O–H groups in total. The first-order valence-electron chi connectivity index (χ1n) is 5.47. The van der Waals surface area contributed by atoms with Crippen molar-refractivity contribution in [2.75, 3.05) is 19.9 Å². The summed E-state index contributed by atoms with van der Waals surface area (Å²) in [5.41, 5.74) is 0.734. The van der Waals surface area contributed by atoms with Gasteiger partial charge in [-0.25, -0.2) is 0 Å². The molecule has 17 heavy (non-hydrogen) atoms. The van der Waals surface area contributed by atoms with E-state index >= 15 is 0 Å². The number of aliphatic hydroxyl groups is 1. The summed E-state index contributed by atoms with van der Waals surface area (Å²) in [4.78, 5) is 0. The van der Waals surface area contributed by atoms with Gasteiger partial charge in [-0.05, 0) is 40.5 Å². The normalized spacial score (nSPS) is 10.4. The third-order valence-electron chi connectivity index (χ3n) is 2.08. The van der Waals surface area contributed by atoms with Gasteiger partial charge in [0, 0.05) is 6.42 Å². The van der Waals surface area contributed by atoms with E-state index in [4.69, 9.17) is 14.6 Å². The van der Waals surface area contributed by atoms with Crippen LogP contribution in [-0.4, -0.2) is 25.0 Å². The van der Waals surface area contributed by atoms with E-state index in [0.717, 1.165) is 5.56 Å². The van der Waals surface area contributed by atoms with Crippen LogP contribution in [0.4, 0.5) is 4.39 Å². The Kier molecular flexibility index (Phi) is 6.29. The van der Waals surface area contributed by atoms with Gasteiger partial charge in [0.25, 0.3) is 0 Å². The first kappa shape index (κ1) is 14.3. The van der Waals surface area contributed by atoms with Crippen LogP contribution in [0.25, 0.3) is 0 Å². The third-order valence-corrected chi connectivity index (χ3v) is 2.67. The molecule has 0 atom stereocenters. The lowest BCUT2D eigenvalue weighted by Crippen LogP contribution is -2.03. The summed E-state index contributed by atoms with van der Waals surface area (Å²) >= 11 is 3.35. The molecule has 0 bridgehead atoms. The molecule has 0 fully saturated rings. The molecule has 0 aromatic heterocycles. The molecule has 5 heteroatoms. The van der Waals surface area contributed by atoms with Crippen LogP contribution in [0.5, 0.6) is 11.5 Å². The van der Waals surface area contributed by atoms with Crippen LogP contribution in [0.15, 0.2) is 16.6 Å². The van der Waals surface area contributed by atoms with E-state index in [1.807, 2.05) is 6.92 Å². The first-order valence-corrected chi connectivity index (χ1v) is 6.27. The van der Waals surface area contributed by atoms with E-state index in [2.05, 4.69) is 15.9 Å². The maximum absolute atomic E-state index is 12.0. The Morgan fingerprint density at radius 3 is 2.71 bits per heavy atom. The van der Waals surface area contributed by atoms with Gasteiger partial charge < -0.3 is 14.6 Å². The highest BCUT2D eigenvalue weighted by atomic mass is 79.9. The summed E-state index contributed by atoms with van der Waals surface area (Å²) < 4.78 is 23.6. The van der Waals surface area contributed by atoms with Gasteiger partial charge in [-0.3, -0.25) is 4.39 Å². The topological polar surface area (TPSA) is 38.7 Å². The summed E-state index contributed by atoms with van der Waals surface area (Å²) in [5, 5.41) is 9.09. The van der Waals surface area contributed by atoms with Crippen molar-refractivity contribution in [2.24, 2.45) is 0 Å². The molecule has 0 aliphatic carbocycles. The van der Waals surface area contributed by atoms with Crippen LogP contribution in [-0.2, 0) is 6.61 Å². The van der Waals surface area contributed by atoms with Gasteiger partial charge in [-0.2, -0.15) is 0 Å². The van der Waals surface area contributed by atoms with Gasteiger partial charge in [0.2, 0.25) is 0 Å². The van der Waals surface area contributed by atoms with Crippen molar-refractivity contribution in [1.29, 1.82) is 0 Å². The number of aliphatic hydroxyl groups excluding tert-OH is 1. The standard InChI is InChI=1S/C12H16BrFO3/c1-2-16-11-7-9(8-15)6-10(13)12(11)17-5-3-4-14/h6-7,15H,2-5,8H2,1H3. The summed E-state index contributed by atoms with van der Waals surface area (Å²) in [7, 11) is 0. The monoisotopic (exact) mass is 306 g/mol. The lowest BCUT2D eigenvalue weighted by molar-refractivity contribution is 0.257. The zero-order valence-corrected chi connectivity index (χ0v) is 11.3. The smallest absolute Gasteiger partial charge is 0.175 e. The lowest BCUT2D eigenvalue weighted by Gasteiger charge is -2.14. The molecule has 3 nitrogen and oxygen atoms in total. The maximum Gasteiger partial charge on any atom is 0.175 e. The van der Waals surface area contributed by atoms with Crippen LogP contribution in [0.1, 0.15) is 18.9 Å². The maximum atomic E-state index is 12.0. The van der Waals surface area contributed by atoms with Crippen LogP contribution in [0, 0.1) is 0 Å². The van der Waals surface area contributed by atoms with E-state index in [1.165, 1.54) is 0 Å². The average molecular weight is 307 g/mol. The van der Waals surface area contributed by atoms with Crippen LogP contribution >= 0.6 is 15.9 Å². The molecule has 1 rings (SSSR count). The number of hydrogen-bond donors (Lipinski definition) is 1. The fraction of sp³-hybridized carbons (Fsp3) is 0.500. The molecule has 0 saturated heterocycles. The van der Waals surface area contributed by atoms with Crippen LogP contribution in [0.2, 0.25) is 0 Å². The molecule has 0 aliphatic rings. The van der Waals surface area contributed by atoms with Gasteiger partial charge in [0.15, 0.2) is 11.5 Å². The Balaban J connectivity index is 2.90. The second kappa shape index (κ2) is 7.50. The van der Waals surface area contributed by atoms with E-state index in [0.29, 0.717) is 35.6 Å². The van der Waals surface area contributed by atoms with Gasteiger partial charge in [-0.1, -0.05) is 0 Å². The highest BCUT2D eigenvalue weighted by Gasteiger charge is 2.11. The molecule has 0 heterocycles. The number of hydrogen-bond acceptors (Lipinski definition) is 3. The minimum atomic E-state index is -0.406. The number of halogens is 2. The Morgan fingerprint density at radius 1 is 1.35 bits per heavy atom. The average Bonchev–Trinajstić information content (AvgIpc) is 2.32. The number of alkyl halides is 1. The highest BCUT2D eigenvalue weighted by Crippen LogP contribution is 2.37. The molecule has 0 aliphatic heterocycles. The Morgan fingerprint density at radius 2 is 2.12 bits per heavy atom. The van der Waals surface area contributed by atoms with E-state index in [-0.39, 0.29) is 6.61 Å². The van der Waals surface area contributed by atoms with E-state index in [1.54, 1.807) is 12.1 Å². The highest BCUT2D eigenvalue weighted by molar-refractivity contribution is 9.10.